The van der Waals surface area contributed by atoms with Crippen LogP contribution in [0.3, 0.4) is 0 Å². The molecule has 1 rings (SSSR count). The number of aliphatic carboxylic acids is 1. The van der Waals surface area contributed by atoms with E-state index in [0.717, 1.165) is 19.5 Å². The number of methoxy groups -OCH3 is 1. The van der Waals surface area contributed by atoms with Gasteiger partial charge in [-0.1, -0.05) is 0 Å². The number of nitrogens with zero attached hydrogens (tertiary/aromatic N) is 1. The van der Waals surface area contributed by atoms with Crippen molar-refractivity contribution in [2.75, 3.05) is 33.4 Å². The zero-order valence-corrected chi connectivity index (χ0v) is 10.9. The number of carboxylic acids is 1. The molecule has 0 aromatic rings. The van der Waals surface area contributed by atoms with E-state index in [1.54, 1.807) is 7.11 Å². The van der Waals surface area contributed by atoms with Gasteiger partial charge in [-0.3, -0.25) is 9.69 Å². The van der Waals surface area contributed by atoms with Gasteiger partial charge in [-0.2, -0.15) is 0 Å². The van der Waals surface area contributed by atoms with Crippen LogP contribution in [0.15, 0.2) is 0 Å². The third-order valence-corrected chi connectivity index (χ3v) is 3.21. The smallest absolute Gasteiger partial charge is 0.306 e. The van der Waals surface area contributed by atoms with Gasteiger partial charge >= 0.3 is 5.97 Å². The summed E-state index contributed by atoms with van der Waals surface area (Å²) in [6.07, 6.45) is 0.847. The molecule has 1 N–H and O–H groups in total. The fraction of sp³-hybridized carbons (Fsp3) is 0.917. The molecule has 1 atom stereocenters. The van der Waals surface area contributed by atoms with Crippen molar-refractivity contribution >= 4 is 5.97 Å². The predicted molar refractivity (Wildman–Crippen MR) is 64.1 cm³/mol. The molecule has 0 aromatic carbocycles. The molecule has 0 bridgehead atoms. The van der Waals surface area contributed by atoms with Crippen LogP contribution >= 0.6 is 0 Å². The quantitative estimate of drug-likeness (QED) is 0.756. The molecule has 1 aliphatic heterocycles. The first-order valence-corrected chi connectivity index (χ1v) is 6.04. The Bertz CT molecular complexity index is 255. The van der Waals surface area contributed by atoms with Crippen LogP contribution in [0, 0.1) is 0 Å². The third-order valence-electron chi connectivity index (χ3n) is 3.21. The minimum atomic E-state index is -0.797. The van der Waals surface area contributed by atoms with Crippen molar-refractivity contribution in [2.24, 2.45) is 0 Å². The molecule has 5 heteroatoms. The van der Waals surface area contributed by atoms with E-state index in [4.69, 9.17) is 14.6 Å². The number of rotatable bonds is 6. The maximum atomic E-state index is 10.6. The SMILES string of the molecule is COC(C)(C)CCN1CCOC(CC(=O)O)C1. The molecule has 1 fully saturated rings. The van der Waals surface area contributed by atoms with Crippen molar-refractivity contribution in [3.63, 3.8) is 0 Å². The molecule has 0 amide bonds. The normalized spacial score (nSPS) is 22.6. The molecule has 1 unspecified atom stereocenters. The summed E-state index contributed by atoms with van der Waals surface area (Å²) in [5, 5.41) is 8.73. The Morgan fingerprint density at radius 1 is 1.59 bits per heavy atom. The summed E-state index contributed by atoms with van der Waals surface area (Å²) in [6, 6.07) is 0. The number of carboxylic acid groups (broad SMARTS) is 1. The second kappa shape index (κ2) is 6.33. The summed E-state index contributed by atoms with van der Waals surface area (Å²) < 4.78 is 10.8. The number of ether oxygens (including phenoxy) is 2. The van der Waals surface area contributed by atoms with Gasteiger partial charge < -0.3 is 14.6 Å². The molecule has 1 saturated heterocycles. The first-order valence-electron chi connectivity index (χ1n) is 6.04. The molecule has 0 spiro atoms. The maximum absolute atomic E-state index is 10.6. The van der Waals surface area contributed by atoms with Crippen LogP contribution < -0.4 is 0 Å². The summed E-state index contributed by atoms with van der Waals surface area (Å²) in [4.78, 5) is 12.9. The largest absolute Gasteiger partial charge is 0.481 e. The number of hydrogen-bond donors (Lipinski definition) is 1. The van der Waals surface area contributed by atoms with Crippen LogP contribution in [0.25, 0.3) is 0 Å². The Kier molecular flexibility index (Phi) is 5.36. The van der Waals surface area contributed by atoms with Crippen molar-refractivity contribution in [3.8, 4) is 0 Å². The lowest BCUT2D eigenvalue weighted by Crippen LogP contribution is -2.45. The number of morpholine rings is 1. The standard InChI is InChI=1S/C12H23NO4/c1-12(2,16-3)4-5-13-6-7-17-10(9-13)8-11(14)15/h10H,4-9H2,1-3H3,(H,14,15). The highest BCUT2D eigenvalue weighted by atomic mass is 16.5. The lowest BCUT2D eigenvalue weighted by Gasteiger charge is -2.34. The molecule has 100 valence electrons. The van der Waals surface area contributed by atoms with Crippen molar-refractivity contribution < 1.29 is 19.4 Å². The highest BCUT2D eigenvalue weighted by Crippen LogP contribution is 2.16. The zero-order chi connectivity index (χ0) is 12.9. The van der Waals surface area contributed by atoms with Gasteiger partial charge in [0.15, 0.2) is 0 Å². The van der Waals surface area contributed by atoms with Crippen LogP contribution in [0.5, 0.6) is 0 Å². The molecule has 1 aliphatic rings. The highest BCUT2D eigenvalue weighted by molar-refractivity contribution is 5.67. The molecule has 0 aromatic heterocycles. The molecule has 0 radical (unpaired) electrons. The molecule has 1 heterocycles. The van der Waals surface area contributed by atoms with Crippen molar-refractivity contribution in [1.82, 2.24) is 4.90 Å². The van der Waals surface area contributed by atoms with Gasteiger partial charge in [0.1, 0.15) is 0 Å². The van der Waals surface area contributed by atoms with E-state index >= 15 is 0 Å². The average Bonchev–Trinajstić information content (AvgIpc) is 2.26. The Morgan fingerprint density at radius 3 is 2.88 bits per heavy atom. The fourth-order valence-corrected chi connectivity index (χ4v) is 1.83. The first kappa shape index (κ1) is 14.4. The number of hydrogen-bond acceptors (Lipinski definition) is 4. The molecule has 5 nitrogen and oxygen atoms in total. The zero-order valence-electron chi connectivity index (χ0n) is 10.9. The second-order valence-corrected chi connectivity index (χ2v) is 5.11. The van der Waals surface area contributed by atoms with Gasteiger partial charge in [-0.25, -0.2) is 0 Å². The average molecular weight is 245 g/mol. The Morgan fingerprint density at radius 2 is 2.29 bits per heavy atom. The maximum Gasteiger partial charge on any atom is 0.306 e. The molecule has 17 heavy (non-hydrogen) atoms. The molecular formula is C12H23NO4. The fourth-order valence-electron chi connectivity index (χ4n) is 1.83. The van der Waals surface area contributed by atoms with E-state index in [1.165, 1.54) is 0 Å². The van der Waals surface area contributed by atoms with E-state index in [2.05, 4.69) is 18.7 Å². The summed E-state index contributed by atoms with van der Waals surface area (Å²) in [6.45, 7) is 7.22. The topological polar surface area (TPSA) is 59.0 Å². The minimum Gasteiger partial charge on any atom is -0.481 e. The van der Waals surface area contributed by atoms with Crippen molar-refractivity contribution in [1.29, 1.82) is 0 Å². The molecular weight excluding hydrogens is 222 g/mol. The molecule has 0 saturated carbocycles. The third kappa shape index (κ3) is 5.48. The predicted octanol–water partition coefficient (Wildman–Crippen LogP) is 0.977. The second-order valence-electron chi connectivity index (χ2n) is 5.11. The lowest BCUT2D eigenvalue weighted by molar-refractivity contribution is -0.142. The van der Waals surface area contributed by atoms with Crippen LogP contribution in [-0.4, -0.2) is 61.0 Å². The Labute approximate surface area is 103 Å². The minimum absolute atomic E-state index is 0.0875. The van der Waals surface area contributed by atoms with Gasteiger partial charge in [0.25, 0.3) is 0 Å². The summed E-state index contributed by atoms with van der Waals surface area (Å²) in [7, 11) is 1.71. The van der Waals surface area contributed by atoms with Crippen molar-refractivity contribution in [3.05, 3.63) is 0 Å². The van der Waals surface area contributed by atoms with Crippen molar-refractivity contribution in [2.45, 2.75) is 38.4 Å². The van der Waals surface area contributed by atoms with E-state index in [9.17, 15) is 4.79 Å². The van der Waals surface area contributed by atoms with Gasteiger partial charge in [-0.05, 0) is 20.3 Å². The van der Waals surface area contributed by atoms with Gasteiger partial charge in [0, 0.05) is 26.7 Å². The summed E-state index contributed by atoms with van der Waals surface area (Å²) in [5.74, 6) is -0.797. The monoisotopic (exact) mass is 245 g/mol. The number of carbonyl (C=O) groups is 1. The van der Waals surface area contributed by atoms with Crippen LogP contribution in [0.1, 0.15) is 26.7 Å². The van der Waals surface area contributed by atoms with E-state index in [-0.39, 0.29) is 18.1 Å². The van der Waals surface area contributed by atoms with Crippen LogP contribution in [0.2, 0.25) is 0 Å². The lowest BCUT2D eigenvalue weighted by atomic mass is 10.0. The van der Waals surface area contributed by atoms with Gasteiger partial charge in [-0.15, -0.1) is 0 Å². The summed E-state index contributed by atoms with van der Waals surface area (Å²) in [5.41, 5.74) is -0.124. The van der Waals surface area contributed by atoms with E-state index in [0.29, 0.717) is 13.2 Å². The van der Waals surface area contributed by atoms with Gasteiger partial charge in [0.05, 0.1) is 24.7 Å². The van der Waals surface area contributed by atoms with Crippen LogP contribution in [-0.2, 0) is 14.3 Å². The van der Waals surface area contributed by atoms with E-state index in [1.807, 2.05) is 0 Å². The first-order chi connectivity index (χ1) is 7.93. The molecule has 0 aliphatic carbocycles. The van der Waals surface area contributed by atoms with Gasteiger partial charge in [0.2, 0.25) is 0 Å². The highest BCUT2D eigenvalue weighted by Gasteiger charge is 2.24. The summed E-state index contributed by atoms with van der Waals surface area (Å²) >= 11 is 0. The van der Waals surface area contributed by atoms with E-state index < -0.39 is 5.97 Å². The Balaban J connectivity index is 2.32. The Hall–Kier alpha value is -0.650. The van der Waals surface area contributed by atoms with Crippen LogP contribution in [0.4, 0.5) is 0 Å².